The van der Waals surface area contributed by atoms with Gasteiger partial charge in [0.15, 0.2) is 0 Å². The Balaban J connectivity index is 3.46. The minimum atomic E-state index is -0.537. The van der Waals surface area contributed by atoms with Gasteiger partial charge in [-0.1, -0.05) is 10.4 Å². The van der Waals surface area contributed by atoms with E-state index in [1.807, 2.05) is 0 Å². The molecule has 0 amide bonds. The Kier molecular flexibility index (Phi) is 3.76. The van der Waals surface area contributed by atoms with Crippen LogP contribution in [0.2, 0.25) is 0 Å². The molecular formula is C6H12N2O2. The van der Waals surface area contributed by atoms with Gasteiger partial charge in [-0.15, -0.1) is 0 Å². The average Bonchev–Trinajstić information content (AvgIpc) is 1.89. The van der Waals surface area contributed by atoms with E-state index in [2.05, 4.69) is 10.4 Å². The van der Waals surface area contributed by atoms with E-state index in [0.717, 1.165) is 0 Å². The summed E-state index contributed by atoms with van der Waals surface area (Å²) in [4.78, 5) is 19.7. The Morgan fingerprint density at radius 1 is 1.30 bits per heavy atom. The number of rotatable bonds is 5. The van der Waals surface area contributed by atoms with Crippen LogP contribution in [0.25, 0.3) is 0 Å². The first-order valence-electron chi connectivity index (χ1n) is 3.26. The van der Waals surface area contributed by atoms with E-state index in [0.29, 0.717) is 12.8 Å². The Morgan fingerprint density at radius 2 is 1.90 bits per heavy atom. The molecule has 4 heteroatoms. The van der Waals surface area contributed by atoms with E-state index in [-0.39, 0.29) is 6.54 Å². The third-order valence-electron chi connectivity index (χ3n) is 1.29. The molecule has 0 bridgehead atoms. The molecule has 58 valence electrons. The Bertz CT molecular complexity index is 123. The minimum Gasteiger partial charge on any atom is -0.151 e. The lowest BCUT2D eigenvalue weighted by Crippen LogP contribution is -2.15. The summed E-state index contributed by atoms with van der Waals surface area (Å²) in [5.41, 5.74) is -0.537. The highest BCUT2D eigenvalue weighted by molar-refractivity contribution is 4.75. The molecule has 0 saturated heterocycles. The first-order valence-corrected chi connectivity index (χ1v) is 3.26. The second-order valence-corrected chi connectivity index (χ2v) is 2.86. The number of nitrogens with zero attached hydrogens (tertiary/aromatic N) is 2. The van der Waals surface area contributed by atoms with Crippen molar-refractivity contribution in [2.45, 2.75) is 32.2 Å². The molecule has 0 atom stereocenters. The third kappa shape index (κ3) is 4.12. The standard InChI is InChI=1S/C6H12N2O2/c1-6(2,8-10)4-3-5-7-9/h3-5H2,1-2H3. The van der Waals surface area contributed by atoms with Crippen LogP contribution in [-0.4, -0.2) is 12.1 Å². The molecule has 4 nitrogen and oxygen atoms in total. The smallest absolute Gasteiger partial charge is 0.0971 e. The molecule has 0 radical (unpaired) electrons. The van der Waals surface area contributed by atoms with E-state index in [1.54, 1.807) is 13.8 Å². The lowest BCUT2D eigenvalue weighted by Gasteiger charge is -2.12. The first-order chi connectivity index (χ1) is 4.62. The van der Waals surface area contributed by atoms with Gasteiger partial charge in [-0.2, -0.15) is 9.81 Å². The van der Waals surface area contributed by atoms with E-state index >= 15 is 0 Å². The topological polar surface area (TPSA) is 58.9 Å². The van der Waals surface area contributed by atoms with Crippen molar-refractivity contribution in [2.24, 2.45) is 10.4 Å². The van der Waals surface area contributed by atoms with Crippen LogP contribution in [0.15, 0.2) is 10.4 Å². The molecule has 0 aliphatic heterocycles. The van der Waals surface area contributed by atoms with Crippen LogP contribution in [0.3, 0.4) is 0 Å². The molecule has 0 heterocycles. The minimum absolute atomic E-state index is 0.277. The van der Waals surface area contributed by atoms with Gasteiger partial charge in [0, 0.05) is 0 Å². The zero-order valence-corrected chi connectivity index (χ0v) is 6.33. The van der Waals surface area contributed by atoms with Crippen LogP contribution in [0, 0.1) is 9.81 Å². The monoisotopic (exact) mass is 144 g/mol. The van der Waals surface area contributed by atoms with Gasteiger partial charge in [-0.25, -0.2) is 0 Å². The second kappa shape index (κ2) is 4.09. The molecule has 10 heavy (non-hydrogen) atoms. The van der Waals surface area contributed by atoms with Gasteiger partial charge in [-0.3, -0.25) is 0 Å². The Hall–Kier alpha value is -0.800. The summed E-state index contributed by atoms with van der Waals surface area (Å²) in [6.45, 7) is 3.76. The first kappa shape index (κ1) is 9.20. The predicted molar refractivity (Wildman–Crippen MR) is 39.8 cm³/mol. The summed E-state index contributed by atoms with van der Waals surface area (Å²) in [5.74, 6) is 0. The second-order valence-electron chi connectivity index (χ2n) is 2.86. The number of nitroso groups, excluding NO2 is 2. The van der Waals surface area contributed by atoms with E-state index in [4.69, 9.17) is 0 Å². The van der Waals surface area contributed by atoms with Gasteiger partial charge in [0.05, 0.1) is 12.1 Å². The van der Waals surface area contributed by atoms with Gasteiger partial charge in [0.1, 0.15) is 0 Å². The maximum Gasteiger partial charge on any atom is 0.0971 e. The predicted octanol–water partition coefficient (Wildman–Crippen LogP) is 2.08. The van der Waals surface area contributed by atoms with E-state index < -0.39 is 5.54 Å². The summed E-state index contributed by atoms with van der Waals surface area (Å²) in [5, 5.41) is 5.58. The largest absolute Gasteiger partial charge is 0.151 e. The van der Waals surface area contributed by atoms with Crippen LogP contribution in [0.4, 0.5) is 0 Å². The van der Waals surface area contributed by atoms with Crippen molar-refractivity contribution in [3.63, 3.8) is 0 Å². The zero-order valence-electron chi connectivity index (χ0n) is 6.33. The Labute approximate surface area is 60.0 Å². The highest BCUT2D eigenvalue weighted by Gasteiger charge is 2.16. The summed E-state index contributed by atoms with van der Waals surface area (Å²) in [6.07, 6.45) is 1.27. The molecule has 0 rings (SSSR count). The van der Waals surface area contributed by atoms with Gasteiger partial charge in [0.2, 0.25) is 0 Å². The highest BCUT2D eigenvalue weighted by atomic mass is 16.3. The SMILES string of the molecule is CC(C)(CCCN=O)N=O. The molecule has 0 aromatic rings. The molecule has 0 aliphatic rings. The fourth-order valence-electron chi connectivity index (χ4n) is 0.622. The van der Waals surface area contributed by atoms with Gasteiger partial charge in [-0.05, 0) is 26.7 Å². The summed E-state index contributed by atoms with van der Waals surface area (Å²) in [7, 11) is 0. The van der Waals surface area contributed by atoms with Crippen LogP contribution in [0.5, 0.6) is 0 Å². The lowest BCUT2D eigenvalue weighted by atomic mass is 10.0. The van der Waals surface area contributed by atoms with Crippen LogP contribution < -0.4 is 0 Å². The van der Waals surface area contributed by atoms with Crippen molar-refractivity contribution in [2.75, 3.05) is 6.54 Å². The summed E-state index contributed by atoms with van der Waals surface area (Å²) in [6, 6.07) is 0. The maximum absolute atomic E-state index is 10.1. The van der Waals surface area contributed by atoms with Crippen LogP contribution in [-0.2, 0) is 0 Å². The fourth-order valence-corrected chi connectivity index (χ4v) is 0.622. The molecular weight excluding hydrogens is 132 g/mol. The van der Waals surface area contributed by atoms with Crippen molar-refractivity contribution in [3.8, 4) is 0 Å². The van der Waals surface area contributed by atoms with Crippen molar-refractivity contribution in [1.29, 1.82) is 0 Å². The zero-order chi connectivity index (χ0) is 8.04. The molecule has 0 aliphatic carbocycles. The maximum atomic E-state index is 10.1. The van der Waals surface area contributed by atoms with E-state index in [1.165, 1.54) is 0 Å². The molecule has 0 fully saturated rings. The fraction of sp³-hybridized carbons (Fsp3) is 1.00. The normalized spacial score (nSPS) is 11.0. The van der Waals surface area contributed by atoms with Gasteiger partial charge < -0.3 is 0 Å². The molecule has 0 unspecified atom stereocenters. The average molecular weight is 144 g/mol. The van der Waals surface area contributed by atoms with E-state index in [9.17, 15) is 9.81 Å². The van der Waals surface area contributed by atoms with Crippen molar-refractivity contribution < 1.29 is 0 Å². The lowest BCUT2D eigenvalue weighted by molar-refractivity contribution is 0.462. The molecule has 0 spiro atoms. The number of hydrogen-bond donors (Lipinski definition) is 0. The molecule has 0 aromatic carbocycles. The third-order valence-corrected chi connectivity index (χ3v) is 1.29. The molecule has 0 aromatic heterocycles. The summed E-state index contributed by atoms with van der Waals surface area (Å²) >= 11 is 0. The van der Waals surface area contributed by atoms with Crippen LogP contribution in [0.1, 0.15) is 26.7 Å². The van der Waals surface area contributed by atoms with Gasteiger partial charge in [0.25, 0.3) is 0 Å². The van der Waals surface area contributed by atoms with Crippen molar-refractivity contribution >= 4 is 0 Å². The van der Waals surface area contributed by atoms with Crippen LogP contribution >= 0.6 is 0 Å². The quantitative estimate of drug-likeness (QED) is 0.438. The summed E-state index contributed by atoms with van der Waals surface area (Å²) < 4.78 is 0. The highest BCUT2D eigenvalue weighted by Crippen LogP contribution is 2.15. The van der Waals surface area contributed by atoms with Gasteiger partial charge >= 0.3 is 0 Å². The van der Waals surface area contributed by atoms with Crippen molar-refractivity contribution in [1.82, 2.24) is 0 Å². The van der Waals surface area contributed by atoms with Crippen molar-refractivity contribution in [3.05, 3.63) is 9.81 Å². The Morgan fingerprint density at radius 3 is 2.30 bits per heavy atom. The molecule has 0 saturated carbocycles. The molecule has 0 N–H and O–H groups in total. The number of hydrogen-bond acceptors (Lipinski definition) is 4.